The first-order chi connectivity index (χ1) is 7.15. The van der Waals surface area contributed by atoms with E-state index >= 15 is 0 Å². The van der Waals surface area contributed by atoms with Gasteiger partial charge in [-0.25, -0.2) is 4.98 Å². The Balaban J connectivity index is 2.27. The zero-order valence-corrected chi connectivity index (χ0v) is 9.44. The molecule has 0 fully saturated rings. The third kappa shape index (κ3) is 2.36. The SMILES string of the molecule is O=C(O)CCc1cn2ccc(Br)cc2n1. The lowest BCUT2D eigenvalue weighted by Gasteiger charge is -1.91. The topological polar surface area (TPSA) is 54.6 Å². The highest BCUT2D eigenvalue weighted by Crippen LogP contribution is 2.13. The van der Waals surface area contributed by atoms with E-state index in [1.165, 1.54) is 0 Å². The van der Waals surface area contributed by atoms with Gasteiger partial charge in [0.15, 0.2) is 0 Å². The summed E-state index contributed by atoms with van der Waals surface area (Å²) in [7, 11) is 0. The molecule has 0 aliphatic carbocycles. The first kappa shape index (κ1) is 10.2. The van der Waals surface area contributed by atoms with Crippen molar-refractivity contribution in [1.29, 1.82) is 0 Å². The lowest BCUT2D eigenvalue weighted by atomic mass is 10.2. The molecule has 4 nitrogen and oxygen atoms in total. The maximum Gasteiger partial charge on any atom is 0.303 e. The number of fused-ring (bicyclic) bond motifs is 1. The minimum Gasteiger partial charge on any atom is -0.481 e. The van der Waals surface area contributed by atoms with Crippen LogP contribution < -0.4 is 0 Å². The van der Waals surface area contributed by atoms with Crippen LogP contribution >= 0.6 is 15.9 Å². The highest BCUT2D eigenvalue weighted by Gasteiger charge is 2.04. The minimum absolute atomic E-state index is 0.116. The van der Waals surface area contributed by atoms with Crippen LogP contribution in [0.2, 0.25) is 0 Å². The number of hydrogen-bond acceptors (Lipinski definition) is 2. The Hall–Kier alpha value is -1.36. The van der Waals surface area contributed by atoms with E-state index in [0.717, 1.165) is 15.8 Å². The summed E-state index contributed by atoms with van der Waals surface area (Å²) in [6.45, 7) is 0. The summed E-state index contributed by atoms with van der Waals surface area (Å²) in [4.78, 5) is 14.7. The van der Waals surface area contributed by atoms with Crippen LogP contribution in [0.5, 0.6) is 0 Å². The number of carboxylic acids is 1. The van der Waals surface area contributed by atoms with Gasteiger partial charge in [-0.2, -0.15) is 0 Å². The Kier molecular flexibility index (Phi) is 2.73. The second kappa shape index (κ2) is 4.02. The number of aliphatic carboxylic acids is 1. The summed E-state index contributed by atoms with van der Waals surface area (Å²) in [5.74, 6) is -0.798. The fraction of sp³-hybridized carbons (Fsp3) is 0.200. The summed E-state index contributed by atoms with van der Waals surface area (Å²) in [5, 5.41) is 8.55. The van der Waals surface area contributed by atoms with Crippen molar-refractivity contribution >= 4 is 27.5 Å². The van der Waals surface area contributed by atoms with Crippen molar-refractivity contribution < 1.29 is 9.90 Å². The zero-order valence-electron chi connectivity index (χ0n) is 7.85. The molecule has 0 atom stereocenters. The van der Waals surface area contributed by atoms with E-state index in [1.807, 2.05) is 28.9 Å². The molecule has 0 radical (unpaired) electrons. The monoisotopic (exact) mass is 268 g/mol. The molecule has 0 saturated heterocycles. The molecule has 0 amide bonds. The summed E-state index contributed by atoms with van der Waals surface area (Å²) in [6, 6.07) is 3.81. The van der Waals surface area contributed by atoms with Gasteiger partial charge in [0.2, 0.25) is 0 Å². The Morgan fingerprint density at radius 1 is 1.60 bits per heavy atom. The van der Waals surface area contributed by atoms with Crippen molar-refractivity contribution in [1.82, 2.24) is 9.38 Å². The van der Waals surface area contributed by atoms with E-state index in [0.29, 0.717) is 6.42 Å². The van der Waals surface area contributed by atoms with Crippen molar-refractivity contribution in [3.8, 4) is 0 Å². The summed E-state index contributed by atoms with van der Waals surface area (Å²) in [6.07, 6.45) is 4.32. The van der Waals surface area contributed by atoms with Gasteiger partial charge in [0.1, 0.15) is 5.65 Å². The lowest BCUT2D eigenvalue weighted by Crippen LogP contribution is -1.97. The minimum atomic E-state index is -0.798. The lowest BCUT2D eigenvalue weighted by molar-refractivity contribution is -0.136. The average molecular weight is 269 g/mol. The number of rotatable bonds is 3. The number of halogens is 1. The van der Waals surface area contributed by atoms with Crippen LogP contribution in [-0.4, -0.2) is 20.5 Å². The molecule has 0 spiro atoms. The number of pyridine rings is 1. The van der Waals surface area contributed by atoms with E-state index in [2.05, 4.69) is 20.9 Å². The third-order valence-corrected chi connectivity index (χ3v) is 2.56. The predicted octanol–water partition coefficient (Wildman–Crippen LogP) is 2.11. The van der Waals surface area contributed by atoms with Crippen LogP contribution in [0, 0.1) is 0 Å². The smallest absolute Gasteiger partial charge is 0.303 e. The molecule has 0 unspecified atom stereocenters. The van der Waals surface area contributed by atoms with Gasteiger partial charge in [0.25, 0.3) is 0 Å². The molecule has 0 aliphatic heterocycles. The molecule has 2 aromatic rings. The van der Waals surface area contributed by atoms with Crippen molar-refractivity contribution in [3.63, 3.8) is 0 Å². The molecule has 0 saturated carbocycles. The Morgan fingerprint density at radius 3 is 3.13 bits per heavy atom. The standard InChI is InChI=1S/C10H9BrN2O2/c11-7-3-4-13-6-8(1-2-10(14)15)12-9(13)5-7/h3-6H,1-2H2,(H,14,15). The van der Waals surface area contributed by atoms with Gasteiger partial charge in [0, 0.05) is 23.3 Å². The average Bonchev–Trinajstić information content (AvgIpc) is 2.56. The van der Waals surface area contributed by atoms with Gasteiger partial charge in [-0.15, -0.1) is 0 Å². The summed E-state index contributed by atoms with van der Waals surface area (Å²) >= 11 is 3.36. The molecule has 0 aromatic carbocycles. The highest BCUT2D eigenvalue weighted by atomic mass is 79.9. The maximum absolute atomic E-state index is 10.4. The Bertz CT molecular complexity index is 507. The number of aryl methyl sites for hydroxylation is 1. The van der Waals surface area contributed by atoms with E-state index in [4.69, 9.17) is 5.11 Å². The first-order valence-corrected chi connectivity index (χ1v) is 5.29. The predicted molar refractivity (Wildman–Crippen MR) is 58.8 cm³/mol. The molecule has 0 aliphatic rings. The molecule has 0 bridgehead atoms. The number of aromatic nitrogens is 2. The molecule has 2 rings (SSSR count). The van der Waals surface area contributed by atoms with Crippen LogP contribution in [-0.2, 0) is 11.2 Å². The molecule has 1 N–H and O–H groups in total. The molecular formula is C10H9BrN2O2. The number of carboxylic acid groups (broad SMARTS) is 1. The van der Waals surface area contributed by atoms with Gasteiger partial charge in [-0.05, 0) is 12.1 Å². The van der Waals surface area contributed by atoms with Crippen LogP contribution in [0.25, 0.3) is 5.65 Å². The van der Waals surface area contributed by atoms with Crippen LogP contribution in [0.4, 0.5) is 0 Å². The van der Waals surface area contributed by atoms with Crippen LogP contribution in [0.15, 0.2) is 29.0 Å². The number of imidazole rings is 1. The molecule has 5 heteroatoms. The van der Waals surface area contributed by atoms with Gasteiger partial charge >= 0.3 is 5.97 Å². The first-order valence-electron chi connectivity index (χ1n) is 4.50. The fourth-order valence-electron chi connectivity index (χ4n) is 1.37. The Labute approximate surface area is 94.7 Å². The number of hydrogen-bond donors (Lipinski definition) is 1. The van der Waals surface area contributed by atoms with Crippen molar-refractivity contribution in [2.24, 2.45) is 0 Å². The van der Waals surface area contributed by atoms with E-state index in [-0.39, 0.29) is 6.42 Å². The third-order valence-electron chi connectivity index (χ3n) is 2.07. The van der Waals surface area contributed by atoms with Gasteiger partial charge in [-0.1, -0.05) is 15.9 Å². The van der Waals surface area contributed by atoms with Crippen molar-refractivity contribution in [3.05, 3.63) is 34.7 Å². The number of carbonyl (C=O) groups is 1. The second-order valence-electron chi connectivity index (χ2n) is 3.24. The molecule has 2 aromatic heterocycles. The van der Waals surface area contributed by atoms with Gasteiger partial charge < -0.3 is 9.51 Å². The molecule has 78 valence electrons. The maximum atomic E-state index is 10.4. The normalized spacial score (nSPS) is 10.7. The zero-order chi connectivity index (χ0) is 10.8. The van der Waals surface area contributed by atoms with Crippen molar-refractivity contribution in [2.45, 2.75) is 12.8 Å². The second-order valence-corrected chi connectivity index (χ2v) is 4.15. The van der Waals surface area contributed by atoms with Gasteiger partial charge in [-0.3, -0.25) is 4.79 Å². The summed E-state index contributed by atoms with van der Waals surface area (Å²) in [5.41, 5.74) is 1.63. The van der Waals surface area contributed by atoms with E-state index < -0.39 is 5.97 Å². The molecule has 15 heavy (non-hydrogen) atoms. The van der Waals surface area contributed by atoms with E-state index in [9.17, 15) is 4.79 Å². The van der Waals surface area contributed by atoms with E-state index in [1.54, 1.807) is 0 Å². The largest absolute Gasteiger partial charge is 0.481 e. The van der Waals surface area contributed by atoms with Crippen LogP contribution in [0.1, 0.15) is 12.1 Å². The van der Waals surface area contributed by atoms with Crippen LogP contribution in [0.3, 0.4) is 0 Å². The molecular weight excluding hydrogens is 260 g/mol. The fourth-order valence-corrected chi connectivity index (χ4v) is 1.69. The van der Waals surface area contributed by atoms with Gasteiger partial charge in [0.05, 0.1) is 12.1 Å². The summed E-state index contributed by atoms with van der Waals surface area (Å²) < 4.78 is 2.84. The Morgan fingerprint density at radius 2 is 2.40 bits per heavy atom. The number of nitrogens with zero attached hydrogens (tertiary/aromatic N) is 2. The highest BCUT2D eigenvalue weighted by molar-refractivity contribution is 9.10. The quantitative estimate of drug-likeness (QED) is 0.928. The van der Waals surface area contributed by atoms with Crippen molar-refractivity contribution in [2.75, 3.05) is 0 Å². The molecule has 2 heterocycles.